The van der Waals surface area contributed by atoms with Gasteiger partial charge in [-0.3, -0.25) is 0 Å². The van der Waals surface area contributed by atoms with E-state index in [1.54, 1.807) is 30.5 Å². The second kappa shape index (κ2) is 10.1. The van der Waals surface area contributed by atoms with Crippen LogP contribution in [0.5, 0.6) is 17.4 Å². The lowest BCUT2D eigenvalue weighted by Gasteiger charge is -2.10. The third-order valence-corrected chi connectivity index (χ3v) is 5.17. The van der Waals surface area contributed by atoms with Gasteiger partial charge in [-0.25, -0.2) is 13.4 Å². The molecule has 2 aromatic carbocycles. The first kappa shape index (κ1) is 22.3. The molecule has 0 aliphatic heterocycles. The number of nitrogens with zero attached hydrogens (tertiary/aromatic N) is 2. The number of benzene rings is 2. The lowest BCUT2D eigenvalue weighted by molar-refractivity contribution is 0.341. The molecule has 0 fully saturated rings. The lowest BCUT2D eigenvalue weighted by atomic mass is 10.1. The van der Waals surface area contributed by atoms with E-state index in [9.17, 15) is 8.42 Å². The molecule has 3 aromatic rings. The van der Waals surface area contributed by atoms with Gasteiger partial charge in [0.1, 0.15) is 18.1 Å². The summed E-state index contributed by atoms with van der Waals surface area (Å²) in [6.45, 7) is 4.11. The minimum atomic E-state index is -3.07. The lowest BCUT2D eigenvalue weighted by Crippen LogP contribution is -2.12. The Kier molecular flexibility index (Phi) is 7.25. The number of rotatable bonds is 9. The van der Waals surface area contributed by atoms with Gasteiger partial charge in [0.25, 0.3) is 0 Å². The maximum Gasteiger partial charge on any atom is 0.230 e. The minimum Gasteiger partial charge on any atom is -0.492 e. The Labute approximate surface area is 182 Å². The van der Waals surface area contributed by atoms with Crippen molar-refractivity contribution in [3.63, 3.8) is 0 Å². The molecule has 0 aliphatic rings. The topological polar surface area (TPSA) is 90.4 Å². The fourth-order valence-electron chi connectivity index (χ4n) is 2.72. The first-order valence-corrected chi connectivity index (χ1v) is 11.8. The van der Waals surface area contributed by atoms with Gasteiger partial charge in [-0.15, -0.1) is 0 Å². The van der Waals surface area contributed by atoms with Crippen molar-refractivity contribution >= 4 is 27.5 Å². The second-order valence-corrected chi connectivity index (χ2v) is 9.23. The van der Waals surface area contributed by atoms with Gasteiger partial charge in [-0.05, 0) is 49.2 Å². The minimum absolute atomic E-state index is 0.0398. The molecule has 7 nitrogen and oxygen atoms in total. The predicted octanol–water partition coefficient (Wildman–Crippen LogP) is 4.78. The summed E-state index contributed by atoms with van der Waals surface area (Å²) in [4.78, 5) is 8.63. The summed E-state index contributed by atoms with van der Waals surface area (Å²) in [5, 5.41) is 3.11. The van der Waals surface area contributed by atoms with Crippen LogP contribution in [0.3, 0.4) is 0 Å². The Balaban J connectivity index is 1.68. The number of anilines is 2. The summed E-state index contributed by atoms with van der Waals surface area (Å²) in [6, 6.07) is 14.7. The third-order valence-electron chi connectivity index (χ3n) is 4.26. The molecule has 0 unspecified atom stereocenters. The van der Waals surface area contributed by atoms with Gasteiger partial charge < -0.3 is 14.8 Å². The number of aromatic nitrogens is 2. The van der Waals surface area contributed by atoms with E-state index in [4.69, 9.17) is 9.47 Å². The maximum atomic E-state index is 11.2. The summed E-state index contributed by atoms with van der Waals surface area (Å²) >= 11 is 0. The van der Waals surface area contributed by atoms with E-state index in [0.29, 0.717) is 29.0 Å². The summed E-state index contributed by atoms with van der Waals surface area (Å²) in [7, 11) is -3.07. The van der Waals surface area contributed by atoms with E-state index >= 15 is 0 Å². The molecule has 0 saturated carbocycles. The van der Waals surface area contributed by atoms with Crippen LogP contribution < -0.4 is 14.8 Å². The molecule has 8 heteroatoms. The van der Waals surface area contributed by atoms with Crippen LogP contribution in [-0.4, -0.2) is 37.0 Å². The summed E-state index contributed by atoms with van der Waals surface area (Å²) in [6.07, 6.45) is 6.80. The molecule has 1 heterocycles. The Bertz CT molecular complexity index is 1180. The molecule has 0 aliphatic carbocycles. The molecule has 0 bridgehead atoms. The first-order chi connectivity index (χ1) is 14.8. The van der Waals surface area contributed by atoms with Gasteiger partial charge in [-0.1, -0.05) is 24.3 Å². The van der Waals surface area contributed by atoms with Crippen LogP contribution in [0.25, 0.3) is 6.08 Å². The van der Waals surface area contributed by atoms with Crippen LogP contribution >= 0.6 is 0 Å². The van der Waals surface area contributed by atoms with Crippen molar-refractivity contribution in [2.45, 2.75) is 13.8 Å². The van der Waals surface area contributed by atoms with Crippen LogP contribution in [0.15, 0.2) is 60.8 Å². The average molecular weight is 440 g/mol. The predicted molar refractivity (Wildman–Crippen MR) is 123 cm³/mol. The number of sulfone groups is 1. The average Bonchev–Trinajstić information content (AvgIpc) is 2.70. The fraction of sp³-hybridized carbons (Fsp3) is 0.217. The molecular weight excluding hydrogens is 414 g/mol. The molecule has 3 rings (SSSR count). The van der Waals surface area contributed by atoms with Crippen LogP contribution in [-0.2, 0) is 9.84 Å². The van der Waals surface area contributed by atoms with E-state index in [1.807, 2.05) is 50.3 Å². The molecule has 0 atom stereocenters. The van der Waals surface area contributed by atoms with Gasteiger partial charge in [0.05, 0.1) is 5.75 Å². The van der Waals surface area contributed by atoms with Crippen molar-refractivity contribution in [2.24, 2.45) is 0 Å². The number of allylic oxidation sites excluding steroid dienone is 1. The summed E-state index contributed by atoms with van der Waals surface area (Å²) in [5.41, 5.74) is 2.95. The highest BCUT2D eigenvalue weighted by Crippen LogP contribution is 2.25. The van der Waals surface area contributed by atoms with Gasteiger partial charge in [0.15, 0.2) is 9.84 Å². The maximum absolute atomic E-state index is 11.2. The van der Waals surface area contributed by atoms with Crippen LogP contribution in [0, 0.1) is 6.92 Å². The number of aryl methyl sites for hydroxylation is 1. The highest BCUT2D eigenvalue weighted by atomic mass is 32.2. The third kappa shape index (κ3) is 7.11. The van der Waals surface area contributed by atoms with Gasteiger partial charge in [-0.2, -0.15) is 4.98 Å². The SMILES string of the molecule is C/C=C/c1cc(Oc2ccnc(Nc3cccc(OCCS(C)(=O)=O)c3)n2)ccc1C. The smallest absolute Gasteiger partial charge is 0.230 e. The summed E-state index contributed by atoms with van der Waals surface area (Å²) in [5.74, 6) is 1.98. The van der Waals surface area contributed by atoms with Crippen molar-refractivity contribution < 1.29 is 17.9 Å². The van der Waals surface area contributed by atoms with E-state index in [1.165, 1.54) is 6.26 Å². The first-order valence-electron chi connectivity index (χ1n) is 9.74. The second-order valence-electron chi connectivity index (χ2n) is 6.97. The number of nitrogens with one attached hydrogen (secondary N) is 1. The van der Waals surface area contributed by atoms with Crippen LogP contribution in [0.2, 0.25) is 0 Å². The normalized spacial score (nSPS) is 11.5. The number of hydrogen-bond donors (Lipinski definition) is 1. The Hall–Kier alpha value is -3.39. The van der Waals surface area contributed by atoms with Crippen molar-refractivity contribution in [2.75, 3.05) is 23.9 Å². The highest BCUT2D eigenvalue weighted by molar-refractivity contribution is 7.90. The van der Waals surface area contributed by atoms with Gasteiger partial charge in [0, 0.05) is 30.3 Å². The number of ether oxygens (including phenoxy) is 2. The van der Waals surface area contributed by atoms with E-state index < -0.39 is 9.84 Å². The molecule has 1 N–H and O–H groups in total. The molecule has 1 aromatic heterocycles. The molecule has 0 spiro atoms. The largest absolute Gasteiger partial charge is 0.492 e. The zero-order chi connectivity index (χ0) is 22.3. The van der Waals surface area contributed by atoms with Crippen LogP contribution in [0.4, 0.5) is 11.6 Å². The van der Waals surface area contributed by atoms with Gasteiger partial charge in [0.2, 0.25) is 11.8 Å². The van der Waals surface area contributed by atoms with Crippen LogP contribution in [0.1, 0.15) is 18.1 Å². The van der Waals surface area contributed by atoms with E-state index in [2.05, 4.69) is 15.3 Å². The quantitative estimate of drug-likeness (QED) is 0.513. The molecule has 0 saturated heterocycles. The van der Waals surface area contributed by atoms with E-state index in [-0.39, 0.29) is 12.4 Å². The van der Waals surface area contributed by atoms with Gasteiger partial charge >= 0.3 is 0 Å². The number of hydrogen-bond acceptors (Lipinski definition) is 7. The Morgan fingerprint density at radius 2 is 1.94 bits per heavy atom. The monoisotopic (exact) mass is 439 g/mol. The zero-order valence-corrected chi connectivity index (χ0v) is 18.5. The fourth-order valence-corrected chi connectivity index (χ4v) is 3.11. The molecular formula is C23H25N3O4S. The molecule has 162 valence electrons. The molecule has 0 amide bonds. The Morgan fingerprint density at radius 3 is 2.71 bits per heavy atom. The zero-order valence-electron chi connectivity index (χ0n) is 17.7. The Morgan fingerprint density at radius 1 is 1.10 bits per heavy atom. The van der Waals surface area contributed by atoms with E-state index in [0.717, 1.165) is 11.1 Å². The van der Waals surface area contributed by atoms with Crippen molar-refractivity contribution in [1.82, 2.24) is 9.97 Å². The molecule has 0 radical (unpaired) electrons. The van der Waals surface area contributed by atoms with Crippen molar-refractivity contribution in [1.29, 1.82) is 0 Å². The molecule has 31 heavy (non-hydrogen) atoms. The van der Waals surface area contributed by atoms with Crippen molar-refractivity contribution in [3.05, 3.63) is 71.9 Å². The standard InChI is InChI=1S/C23H25N3O4S/c1-4-6-18-15-21(10-9-17(18)2)30-22-11-12-24-23(26-22)25-19-7-5-8-20(16-19)29-13-14-31(3,27)28/h4-12,15-16H,13-14H2,1-3H3,(H,24,25,26)/b6-4+. The summed E-state index contributed by atoms with van der Waals surface area (Å²) < 4.78 is 33.9. The highest BCUT2D eigenvalue weighted by Gasteiger charge is 2.06. The van der Waals surface area contributed by atoms with Crippen molar-refractivity contribution in [3.8, 4) is 17.4 Å².